The molecule has 0 saturated heterocycles. The second kappa shape index (κ2) is 5.57. The van der Waals surface area contributed by atoms with Crippen LogP contribution < -0.4 is 11.1 Å². The van der Waals surface area contributed by atoms with Crippen molar-refractivity contribution in [3.63, 3.8) is 0 Å². The van der Waals surface area contributed by atoms with E-state index in [-0.39, 0.29) is 11.5 Å². The first kappa shape index (κ1) is 16.0. The van der Waals surface area contributed by atoms with Crippen LogP contribution in [-0.2, 0) is 0 Å². The summed E-state index contributed by atoms with van der Waals surface area (Å²) in [6, 6.07) is -0.126. The molecule has 0 amide bonds. The Hall–Kier alpha value is -0.980. The van der Waals surface area contributed by atoms with E-state index in [4.69, 9.17) is 10.9 Å². The number of rotatable bonds is 4. The molecule has 0 aromatic heterocycles. The Bertz CT molecular complexity index is 271. The summed E-state index contributed by atoms with van der Waals surface area (Å²) >= 11 is 0. The van der Waals surface area contributed by atoms with Crippen molar-refractivity contribution in [1.82, 2.24) is 5.32 Å². The average molecular weight is 255 g/mol. The largest absolute Gasteiger partial charge is 0.409 e. The highest BCUT2D eigenvalue weighted by atomic mass is 19.4. The van der Waals surface area contributed by atoms with Gasteiger partial charge in [0.15, 0.2) is 5.84 Å². The number of hydrogen-bond donors (Lipinski definition) is 3. The lowest BCUT2D eigenvalue weighted by Gasteiger charge is -2.30. The molecule has 0 spiro atoms. The molecular formula is C10H20F3N3O. The van der Waals surface area contributed by atoms with Gasteiger partial charge in [0, 0.05) is 12.6 Å². The Kier molecular flexibility index (Phi) is 5.25. The molecule has 17 heavy (non-hydrogen) atoms. The lowest BCUT2D eigenvalue weighted by Crippen LogP contribution is -2.47. The van der Waals surface area contributed by atoms with Gasteiger partial charge in [0.05, 0.1) is 0 Å². The number of nitrogens with one attached hydrogen (secondary N) is 1. The maximum atomic E-state index is 12.6. The van der Waals surface area contributed by atoms with E-state index in [2.05, 4.69) is 10.5 Å². The second-order valence-corrected chi connectivity index (χ2v) is 5.12. The minimum Gasteiger partial charge on any atom is -0.409 e. The minimum atomic E-state index is -4.53. The molecule has 4 nitrogen and oxygen atoms in total. The highest BCUT2D eigenvalue weighted by molar-refractivity contribution is 5.83. The monoisotopic (exact) mass is 255 g/mol. The fourth-order valence-corrected chi connectivity index (χ4v) is 1.06. The molecule has 0 saturated carbocycles. The van der Waals surface area contributed by atoms with E-state index >= 15 is 0 Å². The second-order valence-electron chi connectivity index (χ2n) is 5.12. The van der Waals surface area contributed by atoms with Crippen LogP contribution in [0.2, 0.25) is 0 Å². The lowest BCUT2D eigenvalue weighted by molar-refractivity contribution is -0.155. The molecule has 0 aromatic carbocycles. The molecule has 7 heteroatoms. The molecule has 102 valence electrons. The summed E-state index contributed by atoms with van der Waals surface area (Å²) in [5.41, 5.74) is 4.87. The third kappa shape index (κ3) is 5.25. The Morgan fingerprint density at radius 2 is 1.82 bits per heavy atom. The molecule has 0 aliphatic rings. The predicted octanol–water partition coefficient (Wildman–Crippen LogP) is 1.94. The van der Waals surface area contributed by atoms with Crippen LogP contribution in [0, 0.1) is 11.3 Å². The van der Waals surface area contributed by atoms with Crippen molar-refractivity contribution in [2.45, 2.75) is 39.9 Å². The van der Waals surface area contributed by atoms with Crippen LogP contribution in [0.15, 0.2) is 5.16 Å². The van der Waals surface area contributed by atoms with Gasteiger partial charge in [-0.15, -0.1) is 0 Å². The number of amidine groups is 1. The first-order valence-electron chi connectivity index (χ1n) is 5.27. The Morgan fingerprint density at radius 3 is 2.12 bits per heavy atom. The van der Waals surface area contributed by atoms with E-state index < -0.39 is 24.5 Å². The molecule has 0 fully saturated rings. The number of nitrogens with two attached hydrogens (primary N) is 1. The molecule has 0 bridgehead atoms. The zero-order valence-electron chi connectivity index (χ0n) is 10.5. The molecule has 0 aromatic rings. The highest BCUT2D eigenvalue weighted by Gasteiger charge is 2.43. The van der Waals surface area contributed by atoms with Gasteiger partial charge in [0.1, 0.15) is 5.92 Å². The Labute approximate surface area is 99.1 Å². The molecule has 0 radical (unpaired) electrons. The Balaban J connectivity index is 4.60. The molecule has 0 heterocycles. The van der Waals surface area contributed by atoms with Gasteiger partial charge >= 0.3 is 6.18 Å². The van der Waals surface area contributed by atoms with Crippen LogP contribution in [0.4, 0.5) is 13.2 Å². The zero-order valence-corrected chi connectivity index (χ0v) is 10.5. The molecule has 2 unspecified atom stereocenters. The fourth-order valence-electron chi connectivity index (χ4n) is 1.06. The summed E-state index contributed by atoms with van der Waals surface area (Å²) in [6.45, 7) is 7.13. The van der Waals surface area contributed by atoms with Gasteiger partial charge in [-0.1, -0.05) is 25.9 Å². The quantitative estimate of drug-likeness (QED) is 0.311. The highest BCUT2D eigenvalue weighted by Crippen LogP contribution is 2.27. The molecule has 0 aliphatic heterocycles. The summed E-state index contributed by atoms with van der Waals surface area (Å²) in [5, 5.41) is 13.5. The molecular weight excluding hydrogens is 235 g/mol. The maximum absolute atomic E-state index is 12.6. The maximum Gasteiger partial charge on any atom is 0.400 e. The number of hydrogen-bond acceptors (Lipinski definition) is 3. The van der Waals surface area contributed by atoms with Gasteiger partial charge in [0.2, 0.25) is 0 Å². The summed E-state index contributed by atoms with van der Waals surface area (Å²) in [7, 11) is 0. The third-order valence-corrected chi connectivity index (χ3v) is 2.79. The topological polar surface area (TPSA) is 70.6 Å². The van der Waals surface area contributed by atoms with E-state index in [0.717, 1.165) is 0 Å². The van der Waals surface area contributed by atoms with E-state index in [1.54, 1.807) is 6.92 Å². The fraction of sp³-hybridized carbons (Fsp3) is 0.900. The smallest absolute Gasteiger partial charge is 0.400 e. The van der Waals surface area contributed by atoms with E-state index in [1.807, 2.05) is 20.8 Å². The average Bonchev–Trinajstić information content (AvgIpc) is 2.13. The summed E-state index contributed by atoms with van der Waals surface area (Å²) in [4.78, 5) is 0. The van der Waals surface area contributed by atoms with Gasteiger partial charge in [0.25, 0.3) is 0 Å². The molecule has 4 N–H and O–H groups in total. The van der Waals surface area contributed by atoms with Gasteiger partial charge in [-0.05, 0) is 12.3 Å². The van der Waals surface area contributed by atoms with Crippen molar-refractivity contribution >= 4 is 5.84 Å². The summed E-state index contributed by atoms with van der Waals surface area (Å²) in [5.74, 6) is -2.80. The van der Waals surface area contributed by atoms with Crippen molar-refractivity contribution in [2.75, 3.05) is 6.54 Å². The van der Waals surface area contributed by atoms with Crippen LogP contribution in [0.1, 0.15) is 27.7 Å². The standard InChI is InChI=1S/C10H20F3N3O/c1-6(9(2,3)4)15-5-7(8(14)16-17)10(11,12)13/h6-7,15,17H,5H2,1-4H3,(H2,14,16). The number of nitrogens with zero attached hydrogens (tertiary/aromatic N) is 1. The SMILES string of the molecule is CC(NCC(C(N)=NO)C(F)(F)F)C(C)(C)C. The van der Waals surface area contributed by atoms with Gasteiger partial charge in [-0.3, -0.25) is 0 Å². The van der Waals surface area contributed by atoms with E-state index in [1.165, 1.54) is 0 Å². The summed E-state index contributed by atoms with van der Waals surface area (Å²) < 4.78 is 37.8. The van der Waals surface area contributed by atoms with Crippen molar-refractivity contribution in [3.05, 3.63) is 0 Å². The van der Waals surface area contributed by atoms with Gasteiger partial charge in [-0.2, -0.15) is 13.2 Å². The van der Waals surface area contributed by atoms with Crippen molar-refractivity contribution < 1.29 is 18.4 Å². The van der Waals surface area contributed by atoms with Gasteiger partial charge in [-0.25, -0.2) is 0 Å². The number of oxime groups is 1. The predicted molar refractivity (Wildman–Crippen MR) is 59.9 cm³/mol. The zero-order chi connectivity index (χ0) is 13.9. The van der Waals surface area contributed by atoms with Crippen LogP contribution in [0.3, 0.4) is 0 Å². The number of alkyl halides is 3. The summed E-state index contributed by atoms with van der Waals surface area (Å²) in [6.07, 6.45) is -4.53. The van der Waals surface area contributed by atoms with Crippen molar-refractivity contribution in [1.29, 1.82) is 0 Å². The minimum absolute atomic E-state index is 0.126. The normalized spacial score (nSPS) is 17.9. The first-order chi connectivity index (χ1) is 7.50. The van der Waals surface area contributed by atoms with Crippen LogP contribution in [-0.4, -0.2) is 29.8 Å². The van der Waals surface area contributed by atoms with Crippen LogP contribution in [0.5, 0.6) is 0 Å². The molecule has 2 atom stereocenters. The third-order valence-electron chi connectivity index (χ3n) is 2.79. The lowest BCUT2D eigenvalue weighted by atomic mass is 9.88. The van der Waals surface area contributed by atoms with E-state index in [9.17, 15) is 13.2 Å². The van der Waals surface area contributed by atoms with Crippen molar-refractivity contribution in [2.24, 2.45) is 22.2 Å². The van der Waals surface area contributed by atoms with Crippen molar-refractivity contribution in [3.8, 4) is 0 Å². The first-order valence-corrected chi connectivity index (χ1v) is 5.27. The molecule has 0 rings (SSSR count). The van der Waals surface area contributed by atoms with Gasteiger partial charge < -0.3 is 16.3 Å². The van der Waals surface area contributed by atoms with Crippen LogP contribution in [0.25, 0.3) is 0 Å². The number of halogens is 3. The molecule has 0 aliphatic carbocycles. The van der Waals surface area contributed by atoms with Crippen LogP contribution >= 0.6 is 0 Å². The Morgan fingerprint density at radius 1 is 1.35 bits per heavy atom. The van der Waals surface area contributed by atoms with E-state index in [0.29, 0.717) is 0 Å².